The number of likely N-dealkylation sites (N-methyl/N-ethyl adjacent to an activating group) is 1. The zero-order chi connectivity index (χ0) is 15.9. The number of anilines is 1. The molecule has 1 aliphatic heterocycles. The molecule has 1 amide bonds. The third-order valence-electron chi connectivity index (χ3n) is 3.95. The third-order valence-corrected chi connectivity index (χ3v) is 3.95. The Bertz CT molecular complexity index is 479. The van der Waals surface area contributed by atoms with Gasteiger partial charge in [-0.3, -0.25) is 4.79 Å². The minimum absolute atomic E-state index is 0. The van der Waals surface area contributed by atoms with Gasteiger partial charge in [0.1, 0.15) is 5.82 Å². The van der Waals surface area contributed by atoms with Gasteiger partial charge in [-0.1, -0.05) is 13.0 Å². The maximum Gasteiger partial charge on any atom is 0.221 e. The Morgan fingerprint density at radius 3 is 2.36 bits per heavy atom. The smallest absolute Gasteiger partial charge is 0.221 e. The molecule has 1 unspecified atom stereocenters. The molecule has 0 aromatic carbocycles. The molecule has 0 saturated carbocycles. The predicted octanol–water partition coefficient (Wildman–Crippen LogP) is 1.84. The number of piperazine rings is 1. The minimum atomic E-state index is -0.109. The average molecular weight is 415 g/mol. The van der Waals surface area contributed by atoms with Crippen LogP contribution < -0.4 is 16.0 Å². The van der Waals surface area contributed by atoms with Crippen LogP contribution in [0.3, 0.4) is 0 Å². The summed E-state index contributed by atoms with van der Waals surface area (Å²) in [6.45, 7) is 9.86. The quantitative estimate of drug-likeness (QED) is 0.743. The molecule has 2 heterocycles. The van der Waals surface area contributed by atoms with Crippen molar-refractivity contribution in [3.05, 3.63) is 23.9 Å². The molecule has 1 fully saturated rings. The third kappa shape index (κ3) is 8.92. The Hall–Kier alpha value is -0.790. The fraction of sp³-hybridized carbons (Fsp3) is 0.625. The van der Waals surface area contributed by atoms with E-state index >= 15 is 0 Å². The van der Waals surface area contributed by atoms with Gasteiger partial charge in [0.25, 0.3) is 0 Å². The summed E-state index contributed by atoms with van der Waals surface area (Å²) < 4.78 is 0. The minimum Gasteiger partial charge on any atom is -0.354 e. The second-order valence-electron chi connectivity index (χ2n) is 5.90. The summed E-state index contributed by atoms with van der Waals surface area (Å²) in [6, 6.07) is 3.96. The standard InChI is InChI=1S/C16H27N5O.3ClH/c1-3-20-6-8-21(9-7-20)15-5-4-14(11-18-15)12-19-16(22)10-13(2)17;;;/h4-5,11,13H,3,6-10,12,17H2,1-2H3,(H,19,22);3*1H. The van der Waals surface area contributed by atoms with Crippen LogP contribution in [-0.4, -0.2) is 54.6 Å². The molecule has 3 N–H and O–H groups in total. The van der Waals surface area contributed by atoms with Gasteiger partial charge in [-0.15, -0.1) is 37.2 Å². The first-order chi connectivity index (χ1) is 10.6. The van der Waals surface area contributed by atoms with Crippen LogP contribution in [0.4, 0.5) is 5.82 Å². The molecule has 1 aliphatic rings. The molecule has 1 aromatic heterocycles. The number of hydrogen-bond acceptors (Lipinski definition) is 5. The lowest BCUT2D eigenvalue weighted by atomic mass is 10.2. The van der Waals surface area contributed by atoms with Crippen molar-refractivity contribution >= 4 is 48.9 Å². The van der Waals surface area contributed by atoms with Crippen LogP contribution in [0.1, 0.15) is 25.8 Å². The molecule has 1 aromatic rings. The normalized spacial score (nSPS) is 15.2. The number of rotatable bonds is 6. The zero-order valence-corrected chi connectivity index (χ0v) is 17.3. The number of carbonyl (C=O) groups excluding carboxylic acids is 1. The van der Waals surface area contributed by atoms with E-state index in [0.29, 0.717) is 13.0 Å². The van der Waals surface area contributed by atoms with Gasteiger partial charge in [-0.05, 0) is 25.1 Å². The van der Waals surface area contributed by atoms with Gasteiger partial charge in [0.2, 0.25) is 5.91 Å². The fourth-order valence-electron chi connectivity index (χ4n) is 2.57. The van der Waals surface area contributed by atoms with Crippen LogP contribution in [0.5, 0.6) is 0 Å². The zero-order valence-electron chi connectivity index (χ0n) is 14.8. The SMILES string of the molecule is CCN1CCN(c2ccc(CNC(=O)CC(C)N)cn2)CC1.Cl.Cl.Cl. The fourth-order valence-corrected chi connectivity index (χ4v) is 2.57. The number of carbonyl (C=O) groups is 1. The second kappa shape index (κ2) is 13.4. The maximum absolute atomic E-state index is 11.6. The maximum atomic E-state index is 11.6. The van der Waals surface area contributed by atoms with Gasteiger partial charge in [0, 0.05) is 51.4 Å². The molecule has 146 valence electrons. The molecular weight excluding hydrogens is 385 g/mol. The van der Waals surface area contributed by atoms with E-state index in [1.165, 1.54) is 0 Å². The number of nitrogens with two attached hydrogens (primary N) is 1. The summed E-state index contributed by atoms with van der Waals surface area (Å²) in [5, 5.41) is 2.86. The van der Waals surface area contributed by atoms with Crippen molar-refractivity contribution in [1.82, 2.24) is 15.2 Å². The van der Waals surface area contributed by atoms with Crippen molar-refractivity contribution in [2.45, 2.75) is 32.9 Å². The highest BCUT2D eigenvalue weighted by molar-refractivity contribution is 5.86. The van der Waals surface area contributed by atoms with Crippen molar-refractivity contribution in [3.8, 4) is 0 Å². The number of nitrogens with zero attached hydrogens (tertiary/aromatic N) is 3. The van der Waals surface area contributed by atoms with Crippen molar-refractivity contribution in [2.75, 3.05) is 37.6 Å². The lowest BCUT2D eigenvalue weighted by molar-refractivity contribution is -0.121. The summed E-state index contributed by atoms with van der Waals surface area (Å²) in [7, 11) is 0. The number of halogens is 3. The summed E-state index contributed by atoms with van der Waals surface area (Å²) in [6.07, 6.45) is 2.20. The van der Waals surface area contributed by atoms with Crippen LogP contribution in [0.25, 0.3) is 0 Å². The van der Waals surface area contributed by atoms with E-state index in [0.717, 1.165) is 44.1 Å². The van der Waals surface area contributed by atoms with E-state index in [9.17, 15) is 4.79 Å². The Labute approximate surface area is 169 Å². The Balaban J connectivity index is 0. The highest BCUT2D eigenvalue weighted by Gasteiger charge is 2.16. The van der Waals surface area contributed by atoms with Crippen molar-refractivity contribution in [1.29, 1.82) is 0 Å². The van der Waals surface area contributed by atoms with E-state index in [4.69, 9.17) is 5.73 Å². The number of nitrogens with one attached hydrogen (secondary N) is 1. The van der Waals surface area contributed by atoms with Gasteiger partial charge >= 0.3 is 0 Å². The number of aromatic nitrogens is 1. The summed E-state index contributed by atoms with van der Waals surface area (Å²) in [4.78, 5) is 20.9. The molecule has 1 saturated heterocycles. The highest BCUT2D eigenvalue weighted by atomic mass is 35.5. The lowest BCUT2D eigenvalue weighted by Gasteiger charge is -2.34. The van der Waals surface area contributed by atoms with Gasteiger partial charge in [-0.2, -0.15) is 0 Å². The predicted molar refractivity (Wildman–Crippen MR) is 110 cm³/mol. The summed E-state index contributed by atoms with van der Waals surface area (Å²) >= 11 is 0. The number of amides is 1. The van der Waals surface area contributed by atoms with E-state index in [-0.39, 0.29) is 49.2 Å². The van der Waals surface area contributed by atoms with Crippen molar-refractivity contribution in [2.24, 2.45) is 5.73 Å². The molecule has 0 aliphatic carbocycles. The number of pyridine rings is 1. The molecule has 25 heavy (non-hydrogen) atoms. The molecule has 9 heteroatoms. The van der Waals surface area contributed by atoms with E-state index in [1.807, 2.05) is 25.3 Å². The average Bonchev–Trinajstić information content (AvgIpc) is 2.53. The Morgan fingerprint density at radius 2 is 1.88 bits per heavy atom. The highest BCUT2D eigenvalue weighted by Crippen LogP contribution is 2.14. The van der Waals surface area contributed by atoms with Crippen molar-refractivity contribution in [3.63, 3.8) is 0 Å². The van der Waals surface area contributed by atoms with E-state index < -0.39 is 0 Å². The molecule has 2 rings (SSSR count). The molecule has 0 radical (unpaired) electrons. The second-order valence-corrected chi connectivity index (χ2v) is 5.90. The van der Waals surface area contributed by atoms with Crippen LogP contribution >= 0.6 is 37.2 Å². The van der Waals surface area contributed by atoms with Gasteiger partial charge < -0.3 is 20.9 Å². The first-order valence-electron chi connectivity index (χ1n) is 8.03. The van der Waals surface area contributed by atoms with Crippen molar-refractivity contribution < 1.29 is 4.79 Å². The molecule has 0 spiro atoms. The van der Waals surface area contributed by atoms with Crippen LogP contribution in [0, 0.1) is 0 Å². The first-order valence-corrected chi connectivity index (χ1v) is 8.03. The lowest BCUT2D eigenvalue weighted by Crippen LogP contribution is -2.46. The van der Waals surface area contributed by atoms with E-state index in [1.54, 1.807) is 0 Å². The molecular formula is C16H30Cl3N5O. The van der Waals surface area contributed by atoms with Gasteiger partial charge in [0.05, 0.1) is 0 Å². The van der Waals surface area contributed by atoms with Crippen LogP contribution in [0.2, 0.25) is 0 Å². The molecule has 0 bridgehead atoms. The topological polar surface area (TPSA) is 74.5 Å². The monoisotopic (exact) mass is 413 g/mol. The van der Waals surface area contributed by atoms with Gasteiger partial charge in [0.15, 0.2) is 0 Å². The summed E-state index contributed by atoms with van der Waals surface area (Å²) in [5.74, 6) is 0.996. The summed E-state index contributed by atoms with van der Waals surface area (Å²) in [5.41, 5.74) is 6.61. The van der Waals surface area contributed by atoms with Crippen LogP contribution in [0.15, 0.2) is 18.3 Å². The first kappa shape index (κ1) is 26.4. The number of hydrogen-bond donors (Lipinski definition) is 2. The van der Waals surface area contributed by atoms with Crippen LogP contribution in [-0.2, 0) is 11.3 Å². The van der Waals surface area contributed by atoms with Gasteiger partial charge in [-0.25, -0.2) is 4.98 Å². The largest absolute Gasteiger partial charge is 0.354 e. The Morgan fingerprint density at radius 1 is 1.24 bits per heavy atom. The Kier molecular flexibility index (Phi) is 14.2. The molecule has 1 atom stereocenters. The molecule has 6 nitrogen and oxygen atoms in total. The van der Waals surface area contributed by atoms with E-state index in [2.05, 4.69) is 27.0 Å².